The zero-order chi connectivity index (χ0) is 15.2. The van der Waals surface area contributed by atoms with E-state index >= 15 is 0 Å². The topological polar surface area (TPSA) is 44.8 Å². The van der Waals surface area contributed by atoms with Crippen LogP contribution in [-0.4, -0.2) is 35.9 Å². The van der Waals surface area contributed by atoms with Crippen LogP contribution in [0.15, 0.2) is 12.2 Å². The summed E-state index contributed by atoms with van der Waals surface area (Å²) in [7, 11) is 1.15. The van der Waals surface area contributed by atoms with E-state index in [4.69, 9.17) is 14.2 Å². The van der Waals surface area contributed by atoms with Crippen LogP contribution in [0.4, 0.5) is 0 Å². The van der Waals surface area contributed by atoms with E-state index in [9.17, 15) is 4.79 Å². The zero-order valence-corrected chi connectivity index (χ0v) is 15.3. The molecule has 0 saturated carbocycles. The molecule has 0 aromatic rings. The third kappa shape index (κ3) is 10.2. The number of unbranched alkanes of at least 4 members (excludes halogenated alkanes) is 2. The third-order valence-electron chi connectivity index (χ3n) is 2.83. The fourth-order valence-corrected chi connectivity index (χ4v) is 1.78. The minimum absolute atomic E-state index is 0.405. The molecular formula is C15H30O4Si. The largest absolute Gasteiger partial charge is 0.407 e. The summed E-state index contributed by atoms with van der Waals surface area (Å²) in [5, 5.41) is 0. The van der Waals surface area contributed by atoms with E-state index in [1.165, 1.54) is 0 Å². The molecule has 0 aliphatic carbocycles. The molecule has 0 aliphatic heterocycles. The van der Waals surface area contributed by atoms with E-state index in [1.54, 1.807) is 0 Å². The van der Waals surface area contributed by atoms with Gasteiger partial charge in [0.05, 0.1) is 13.2 Å². The van der Waals surface area contributed by atoms with Gasteiger partial charge in [-0.3, -0.25) is 0 Å². The van der Waals surface area contributed by atoms with Crippen LogP contribution in [0.1, 0.15) is 52.4 Å². The van der Waals surface area contributed by atoms with Crippen molar-refractivity contribution < 1.29 is 19.0 Å². The molecule has 0 atom stereocenters. The first-order valence-corrected chi connectivity index (χ1v) is 9.19. The molecule has 0 aliphatic rings. The average Bonchev–Trinajstić information content (AvgIpc) is 2.44. The predicted octanol–water partition coefficient (Wildman–Crippen LogP) is 2.57. The van der Waals surface area contributed by atoms with Gasteiger partial charge in [-0.25, -0.2) is 4.79 Å². The van der Waals surface area contributed by atoms with Crippen molar-refractivity contribution in [2.45, 2.75) is 64.9 Å². The molecule has 0 spiro atoms. The molecular weight excluding hydrogens is 272 g/mol. The molecule has 0 radical (unpaired) electrons. The van der Waals surface area contributed by atoms with Crippen molar-refractivity contribution in [3.63, 3.8) is 0 Å². The van der Waals surface area contributed by atoms with Crippen LogP contribution in [-0.2, 0) is 19.0 Å². The lowest BCUT2D eigenvalue weighted by molar-refractivity contribution is -0.274. The first kappa shape index (κ1) is 19.3. The van der Waals surface area contributed by atoms with Crippen LogP contribution < -0.4 is 0 Å². The Morgan fingerprint density at radius 1 is 1.10 bits per heavy atom. The standard InChI is InChI=1S/C15H30O4Si/c1-4-6-10-17-15(18-11-7-5-2)19-14(16)13(3)9-8-12-20/h15H,3-12H2,1-2,20H3. The normalized spacial score (nSPS) is 10.9. The van der Waals surface area contributed by atoms with E-state index in [2.05, 4.69) is 20.4 Å². The van der Waals surface area contributed by atoms with Crippen molar-refractivity contribution in [2.75, 3.05) is 13.2 Å². The van der Waals surface area contributed by atoms with Crippen LogP contribution in [0.3, 0.4) is 0 Å². The van der Waals surface area contributed by atoms with Crippen molar-refractivity contribution in [2.24, 2.45) is 0 Å². The Morgan fingerprint density at radius 2 is 1.65 bits per heavy atom. The minimum atomic E-state index is -0.895. The maximum Gasteiger partial charge on any atom is 0.337 e. The smallest absolute Gasteiger partial charge is 0.337 e. The molecule has 0 saturated heterocycles. The van der Waals surface area contributed by atoms with Crippen LogP contribution in [0.25, 0.3) is 0 Å². The highest BCUT2D eigenvalue weighted by Crippen LogP contribution is 2.10. The van der Waals surface area contributed by atoms with E-state index in [0.717, 1.165) is 48.4 Å². The number of hydrogen-bond acceptors (Lipinski definition) is 4. The summed E-state index contributed by atoms with van der Waals surface area (Å²) in [5.74, 6) is -0.405. The van der Waals surface area contributed by atoms with Gasteiger partial charge in [0.2, 0.25) is 0 Å². The lowest BCUT2D eigenvalue weighted by atomic mass is 10.2. The van der Waals surface area contributed by atoms with Gasteiger partial charge in [0.15, 0.2) is 0 Å². The number of hydrogen-bond donors (Lipinski definition) is 0. The lowest BCUT2D eigenvalue weighted by Gasteiger charge is -2.19. The quantitative estimate of drug-likeness (QED) is 0.172. The summed E-state index contributed by atoms with van der Waals surface area (Å²) >= 11 is 0. The Balaban J connectivity index is 4.15. The highest BCUT2D eigenvalue weighted by molar-refractivity contribution is 6.08. The number of esters is 1. The molecule has 4 nitrogen and oxygen atoms in total. The monoisotopic (exact) mass is 302 g/mol. The van der Waals surface area contributed by atoms with Crippen molar-refractivity contribution in [3.8, 4) is 0 Å². The molecule has 0 heterocycles. The fourth-order valence-electron chi connectivity index (χ4n) is 1.43. The van der Waals surface area contributed by atoms with Gasteiger partial charge >= 0.3 is 12.4 Å². The van der Waals surface area contributed by atoms with Crippen LogP contribution in [0.5, 0.6) is 0 Å². The molecule has 0 aromatic carbocycles. The van der Waals surface area contributed by atoms with Crippen molar-refractivity contribution >= 4 is 16.2 Å². The molecule has 0 amide bonds. The van der Waals surface area contributed by atoms with Crippen LogP contribution >= 0.6 is 0 Å². The predicted molar refractivity (Wildman–Crippen MR) is 84.7 cm³/mol. The van der Waals surface area contributed by atoms with Crippen molar-refractivity contribution in [1.82, 2.24) is 0 Å². The third-order valence-corrected chi connectivity index (χ3v) is 3.53. The molecule has 0 N–H and O–H groups in total. The maximum atomic E-state index is 11.9. The second kappa shape index (κ2) is 13.3. The van der Waals surface area contributed by atoms with Crippen LogP contribution in [0, 0.1) is 0 Å². The SMILES string of the molecule is C=C(CCC[SiH3])C(=O)OC(OCCCC)OCCCC. The van der Waals surface area contributed by atoms with Gasteiger partial charge in [-0.15, -0.1) is 0 Å². The molecule has 20 heavy (non-hydrogen) atoms. The van der Waals surface area contributed by atoms with Gasteiger partial charge < -0.3 is 14.2 Å². The molecule has 5 heteroatoms. The van der Waals surface area contributed by atoms with Gasteiger partial charge in [-0.2, -0.15) is 0 Å². The average molecular weight is 302 g/mol. The van der Waals surface area contributed by atoms with Crippen molar-refractivity contribution in [1.29, 1.82) is 0 Å². The summed E-state index contributed by atoms with van der Waals surface area (Å²) in [6, 6.07) is 1.16. The van der Waals surface area contributed by atoms with Gasteiger partial charge in [0.25, 0.3) is 0 Å². The minimum Gasteiger partial charge on any atom is -0.407 e. The van der Waals surface area contributed by atoms with Crippen molar-refractivity contribution in [3.05, 3.63) is 12.2 Å². The Labute approximate surface area is 126 Å². The molecule has 0 aromatic heterocycles. The summed E-state index contributed by atoms with van der Waals surface area (Å²) < 4.78 is 16.1. The van der Waals surface area contributed by atoms with E-state index in [0.29, 0.717) is 25.2 Å². The number of rotatable bonds is 13. The molecule has 118 valence electrons. The first-order valence-electron chi connectivity index (χ1n) is 7.77. The first-order chi connectivity index (χ1) is 9.65. The lowest BCUT2D eigenvalue weighted by Crippen LogP contribution is -2.26. The van der Waals surface area contributed by atoms with E-state index < -0.39 is 12.4 Å². The summed E-state index contributed by atoms with van der Waals surface area (Å²) in [5.41, 5.74) is 0.504. The molecule has 0 unspecified atom stereocenters. The summed E-state index contributed by atoms with van der Waals surface area (Å²) in [6.07, 6.45) is 5.60. The number of carbonyl (C=O) groups is 1. The number of ether oxygens (including phenoxy) is 3. The van der Waals surface area contributed by atoms with Crippen LogP contribution in [0.2, 0.25) is 6.04 Å². The van der Waals surface area contributed by atoms with E-state index in [1.807, 2.05) is 0 Å². The highest BCUT2D eigenvalue weighted by atomic mass is 28.1. The van der Waals surface area contributed by atoms with Gasteiger partial charge in [0.1, 0.15) is 0 Å². The Morgan fingerprint density at radius 3 is 2.10 bits per heavy atom. The second-order valence-corrected chi connectivity index (χ2v) is 5.85. The highest BCUT2D eigenvalue weighted by Gasteiger charge is 2.17. The van der Waals surface area contributed by atoms with E-state index in [-0.39, 0.29) is 0 Å². The summed E-state index contributed by atoms with van der Waals surface area (Å²) in [6.45, 7) is 8.11. The number of carbonyl (C=O) groups excluding carboxylic acids is 1. The fraction of sp³-hybridized carbons (Fsp3) is 0.800. The van der Waals surface area contributed by atoms with Gasteiger partial charge in [-0.05, 0) is 19.3 Å². The Kier molecular flexibility index (Phi) is 12.9. The zero-order valence-electron chi connectivity index (χ0n) is 13.3. The van der Waals surface area contributed by atoms with Gasteiger partial charge in [-0.1, -0.05) is 45.7 Å². The van der Waals surface area contributed by atoms with Gasteiger partial charge in [0, 0.05) is 15.8 Å². The molecule has 0 rings (SSSR count). The summed E-state index contributed by atoms with van der Waals surface area (Å²) in [4.78, 5) is 11.9. The Bertz CT molecular complexity index is 259. The molecule has 0 fully saturated rings. The second-order valence-electron chi connectivity index (χ2n) is 4.85. The molecule has 0 bridgehead atoms. The Hall–Kier alpha value is -0.653. The maximum absolute atomic E-state index is 11.9.